The van der Waals surface area contributed by atoms with E-state index in [1.807, 2.05) is 36.4 Å². The lowest BCUT2D eigenvalue weighted by Crippen LogP contribution is -2.47. The summed E-state index contributed by atoms with van der Waals surface area (Å²) < 4.78 is 10.5. The zero-order valence-corrected chi connectivity index (χ0v) is 19.7. The van der Waals surface area contributed by atoms with Crippen LogP contribution in [0, 0.1) is 0 Å². The summed E-state index contributed by atoms with van der Waals surface area (Å²) in [5.74, 6) is -0.397. The third-order valence-corrected chi connectivity index (χ3v) is 5.67. The molecule has 0 saturated carbocycles. The first kappa shape index (κ1) is 23.4. The molecule has 0 spiro atoms. The van der Waals surface area contributed by atoms with E-state index in [0.717, 1.165) is 10.6 Å². The summed E-state index contributed by atoms with van der Waals surface area (Å²) in [4.78, 5) is 31.0. The third-order valence-electron chi connectivity index (χ3n) is 5.06. The quantitative estimate of drug-likeness (QED) is 0.344. The highest BCUT2D eigenvalue weighted by Gasteiger charge is 2.28. The summed E-state index contributed by atoms with van der Waals surface area (Å²) in [5, 5.41) is 1.69. The fourth-order valence-electron chi connectivity index (χ4n) is 3.55. The lowest BCUT2D eigenvalue weighted by Gasteiger charge is -2.24. The number of methoxy groups -OCH3 is 2. The van der Waals surface area contributed by atoms with Gasteiger partial charge in [0.2, 0.25) is 0 Å². The molecule has 0 aliphatic heterocycles. The molecule has 1 heterocycles. The normalized spacial score (nSPS) is 10.6. The van der Waals surface area contributed by atoms with Crippen LogP contribution in [0.4, 0.5) is 10.5 Å². The molecule has 172 valence electrons. The molecule has 34 heavy (non-hydrogen) atoms. The van der Waals surface area contributed by atoms with Crippen LogP contribution in [0.5, 0.6) is 5.75 Å². The van der Waals surface area contributed by atoms with Crippen molar-refractivity contribution in [3.8, 4) is 17.0 Å². The van der Waals surface area contributed by atoms with E-state index in [-0.39, 0.29) is 27.0 Å². The Morgan fingerprint density at radius 2 is 1.53 bits per heavy atom. The molecular formula is C25H19Cl2N3O4. The number of carbonyl (C=O) groups is 2. The number of nitrogens with one attached hydrogen (secondary N) is 1. The number of amides is 2. The monoisotopic (exact) mass is 495 g/mol. The van der Waals surface area contributed by atoms with Crippen LogP contribution in [-0.4, -0.2) is 31.2 Å². The van der Waals surface area contributed by atoms with Crippen LogP contribution < -0.4 is 15.2 Å². The molecule has 4 rings (SSSR count). The number of hydrogen-bond acceptors (Lipinski definition) is 5. The van der Waals surface area contributed by atoms with Gasteiger partial charge >= 0.3 is 6.09 Å². The lowest BCUT2D eigenvalue weighted by molar-refractivity contribution is 0.0939. The molecule has 0 bridgehead atoms. The Hall–Kier alpha value is -3.81. The highest BCUT2D eigenvalue weighted by molar-refractivity contribution is 6.39. The van der Waals surface area contributed by atoms with Gasteiger partial charge in [0.15, 0.2) is 5.75 Å². The number of ether oxygens (including phenoxy) is 2. The Labute approximate surface area is 205 Å². The number of hydrogen-bond donors (Lipinski definition) is 1. The average molecular weight is 496 g/mol. The van der Waals surface area contributed by atoms with Gasteiger partial charge in [-0.2, -0.15) is 5.01 Å². The molecule has 0 radical (unpaired) electrons. The molecule has 0 fully saturated rings. The molecule has 0 saturated heterocycles. The van der Waals surface area contributed by atoms with Gasteiger partial charge in [-0.1, -0.05) is 77.8 Å². The van der Waals surface area contributed by atoms with E-state index < -0.39 is 12.0 Å². The van der Waals surface area contributed by atoms with Gasteiger partial charge < -0.3 is 9.47 Å². The second kappa shape index (κ2) is 9.99. The zero-order chi connectivity index (χ0) is 24.2. The predicted molar refractivity (Wildman–Crippen MR) is 133 cm³/mol. The maximum absolute atomic E-state index is 13.7. The number of halogens is 2. The Bertz CT molecular complexity index is 1360. The van der Waals surface area contributed by atoms with Gasteiger partial charge in [-0.25, -0.2) is 9.78 Å². The van der Waals surface area contributed by atoms with Crippen molar-refractivity contribution in [1.29, 1.82) is 0 Å². The van der Waals surface area contributed by atoms with E-state index in [1.54, 1.807) is 36.4 Å². The summed E-state index contributed by atoms with van der Waals surface area (Å²) in [5.41, 5.74) is 4.65. The number of carbonyl (C=O) groups excluding carboxylic acids is 2. The molecule has 0 atom stereocenters. The van der Waals surface area contributed by atoms with E-state index in [2.05, 4.69) is 5.43 Å². The summed E-state index contributed by atoms with van der Waals surface area (Å²) >= 11 is 12.6. The Morgan fingerprint density at radius 1 is 0.882 bits per heavy atom. The fraction of sp³-hybridized carbons (Fsp3) is 0.0800. The number of aromatic nitrogens is 1. The van der Waals surface area contributed by atoms with E-state index in [9.17, 15) is 9.59 Å². The number of para-hydroxylation sites is 2. The molecule has 3 aromatic carbocycles. The van der Waals surface area contributed by atoms with Crippen molar-refractivity contribution in [1.82, 2.24) is 10.4 Å². The summed E-state index contributed by atoms with van der Waals surface area (Å²) in [7, 11) is 2.64. The number of nitrogens with zero attached hydrogens (tertiary/aromatic N) is 2. The minimum atomic E-state index is -0.885. The van der Waals surface area contributed by atoms with Crippen molar-refractivity contribution >= 4 is 51.8 Å². The second-order valence-corrected chi connectivity index (χ2v) is 7.88. The molecule has 9 heteroatoms. The molecule has 7 nitrogen and oxygen atoms in total. The van der Waals surface area contributed by atoms with Crippen LogP contribution in [-0.2, 0) is 4.74 Å². The first-order valence-corrected chi connectivity index (χ1v) is 10.9. The molecule has 0 aliphatic rings. The molecular weight excluding hydrogens is 477 g/mol. The molecule has 1 N–H and O–H groups in total. The summed E-state index contributed by atoms with van der Waals surface area (Å²) in [6, 6.07) is 21.2. The predicted octanol–water partition coefficient (Wildman–Crippen LogP) is 6.14. The van der Waals surface area contributed by atoms with Crippen LogP contribution >= 0.6 is 23.2 Å². The summed E-state index contributed by atoms with van der Waals surface area (Å²) in [6.07, 6.45) is -0.885. The molecule has 2 amide bonds. The number of anilines is 1. The van der Waals surface area contributed by atoms with Crippen LogP contribution in [0.2, 0.25) is 10.0 Å². The smallest absolute Gasteiger partial charge is 0.433 e. The molecule has 1 aromatic heterocycles. The number of fused-ring (bicyclic) bond motifs is 1. The fourth-order valence-corrected chi connectivity index (χ4v) is 4.12. The number of rotatable bonds is 4. The van der Waals surface area contributed by atoms with E-state index in [4.69, 9.17) is 37.7 Å². The minimum absolute atomic E-state index is 0.0756. The van der Waals surface area contributed by atoms with Crippen LogP contribution in [0.1, 0.15) is 10.4 Å². The van der Waals surface area contributed by atoms with Crippen LogP contribution in [0.3, 0.4) is 0 Å². The summed E-state index contributed by atoms with van der Waals surface area (Å²) in [6.45, 7) is 0. The topological polar surface area (TPSA) is 80.8 Å². The average Bonchev–Trinajstić information content (AvgIpc) is 2.86. The SMILES string of the molecule is COC(=O)N(NC(=O)c1c(OC)c(-c2ccccc2)nc2ccccc12)c1c(Cl)cccc1Cl. The first-order valence-electron chi connectivity index (χ1n) is 10.1. The van der Waals surface area contributed by atoms with Gasteiger partial charge in [0.05, 0.1) is 35.3 Å². The van der Waals surface area contributed by atoms with Gasteiger partial charge in [-0.3, -0.25) is 10.2 Å². The van der Waals surface area contributed by atoms with E-state index in [0.29, 0.717) is 16.6 Å². The van der Waals surface area contributed by atoms with Crippen molar-refractivity contribution in [3.63, 3.8) is 0 Å². The van der Waals surface area contributed by atoms with E-state index in [1.165, 1.54) is 14.2 Å². The van der Waals surface area contributed by atoms with Gasteiger partial charge in [0.25, 0.3) is 5.91 Å². The molecule has 4 aromatic rings. The van der Waals surface area contributed by atoms with Crippen molar-refractivity contribution in [2.24, 2.45) is 0 Å². The van der Waals surface area contributed by atoms with Crippen molar-refractivity contribution in [2.45, 2.75) is 0 Å². The van der Waals surface area contributed by atoms with Crippen molar-refractivity contribution in [3.05, 3.63) is 88.4 Å². The number of benzene rings is 3. The Kier molecular flexibility index (Phi) is 6.86. The first-order chi connectivity index (χ1) is 16.5. The van der Waals surface area contributed by atoms with Gasteiger partial charge in [-0.05, 0) is 18.2 Å². The zero-order valence-electron chi connectivity index (χ0n) is 18.2. The molecule has 0 aliphatic carbocycles. The third kappa shape index (κ3) is 4.35. The van der Waals surface area contributed by atoms with Crippen LogP contribution in [0.25, 0.3) is 22.2 Å². The highest BCUT2D eigenvalue weighted by atomic mass is 35.5. The van der Waals surface area contributed by atoms with Crippen LogP contribution in [0.15, 0.2) is 72.8 Å². The molecule has 0 unspecified atom stereocenters. The highest BCUT2D eigenvalue weighted by Crippen LogP contribution is 2.37. The maximum Gasteiger partial charge on any atom is 0.433 e. The lowest BCUT2D eigenvalue weighted by atomic mass is 10.0. The van der Waals surface area contributed by atoms with Gasteiger partial charge in [-0.15, -0.1) is 0 Å². The maximum atomic E-state index is 13.7. The second-order valence-electron chi connectivity index (χ2n) is 7.07. The Morgan fingerprint density at radius 3 is 2.18 bits per heavy atom. The van der Waals surface area contributed by atoms with Crippen molar-refractivity contribution < 1.29 is 19.1 Å². The minimum Gasteiger partial charge on any atom is -0.494 e. The van der Waals surface area contributed by atoms with Crippen molar-refractivity contribution in [2.75, 3.05) is 19.2 Å². The van der Waals surface area contributed by atoms with Gasteiger partial charge in [0, 0.05) is 10.9 Å². The number of hydrazine groups is 1. The van der Waals surface area contributed by atoms with E-state index >= 15 is 0 Å². The largest absolute Gasteiger partial charge is 0.494 e. The Balaban J connectivity index is 1.90. The standard InChI is InChI=1S/C25H19Cl2N3O4/c1-33-23-20(16-11-6-7-14-19(16)28-21(23)15-9-4-3-5-10-15)24(31)29-30(25(32)34-2)22-17(26)12-8-13-18(22)27/h3-14H,1-2H3,(H,29,31). The van der Waals surface area contributed by atoms with Gasteiger partial charge in [0.1, 0.15) is 11.4 Å². The number of pyridine rings is 1.